The number of anilines is 1. The summed E-state index contributed by atoms with van der Waals surface area (Å²) in [7, 11) is 4.98. The van der Waals surface area contributed by atoms with E-state index in [9.17, 15) is 14.7 Å². The normalized spacial score (nSPS) is 20.2. The zero-order valence-corrected chi connectivity index (χ0v) is 34.1. The number of hydrogen-bond donors (Lipinski definition) is 1. The molecule has 53 heavy (non-hydrogen) atoms. The maximum absolute atomic E-state index is 13.8. The van der Waals surface area contributed by atoms with Gasteiger partial charge in [0.2, 0.25) is 0 Å². The monoisotopic (exact) mass is 732 g/mol. The molecule has 0 aliphatic carbocycles. The highest BCUT2D eigenvalue weighted by molar-refractivity contribution is 6.04. The highest BCUT2D eigenvalue weighted by atomic mass is 16.5. The quantitative estimate of drug-likeness (QED) is 0.0658. The molecule has 0 amide bonds. The van der Waals surface area contributed by atoms with Gasteiger partial charge in [-0.1, -0.05) is 50.5 Å². The second kappa shape index (κ2) is 21.0. The van der Waals surface area contributed by atoms with E-state index in [2.05, 4.69) is 46.8 Å². The number of benzene rings is 2. The smallest absolute Gasteiger partial charge is 0.168 e. The van der Waals surface area contributed by atoms with Crippen molar-refractivity contribution in [1.82, 2.24) is 0 Å². The van der Waals surface area contributed by atoms with Gasteiger partial charge in [0, 0.05) is 48.4 Å². The molecule has 2 aromatic rings. The van der Waals surface area contributed by atoms with E-state index in [1.807, 2.05) is 33.2 Å². The Morgan fingerprint density at radius 1 is 0.906 bits per heavy atom. The van der Waals surface area contributed by atoms with Gasteiger partial charge in [0.25, 0.3) is 0 Å². The Kier molecular flexibility index (Phi) is 17.1. The van der Waals surface area contributed by atoms with Gasteiger partial charge in [-0.05, 0) is 97.1 Å². The minimum absolute atomic E-state index is 0.0219. The number of ketones is 2. The van der Waals surface area contributed by atoms with Gasteiger partial charge in [-0.3, -0.25) is 14.6 Å². The lowest BCUT2D eigenvalue weighted by molar-refractivity contribution is 0.0507. The van der Waals surface area contributed by atoms with Crippen molar-refractivity contribution in [2.75, 3.05) is 39.4 Å². The van der Waals surface area contributed by atoms with E-state index in [0.29, 0.717) is 65.1 Å². The molecular formula is C44H64N2O7. The number of aliphatic imine (C=N–C) groups is 1. The number of unbranched alkanes of at least 4 members (excludes halogenated alkanes) is 2. The van der Waals surface area contributed by atoms with Crippen LogP contribution in [0.3, 0.4) is 0 Å². The number of carbonyl (C=O) groups is 2. The summed E-state index contributed by atoms with van der Waals surface area (Å²) in [5.41, 5.74) is 4.75. The number of carbonyl (C=O) groups excluding carboxylic acids is 2. The van der Waals surface area contributed by atoms with Crippen molar-refractivity contribution >= 4 is 29.2 Å². The Morgan fingerprint density at radius 3 is 2.08 bits per heavy atom. The zero-order chi connectivity index (χ0) is 39.2. The van der Waals surface area contributed by atoms with Crippen LogP contribution in [0.15, 0.2) is 52.6 Å². The summed E-state index contributed by atoms with van der Waals surface area (Å²) in [5, 5.41) is 11.6. The number of aliphatic hydroxyl groups excluding tert-OH is 1. The minimum atomic E-state index is -0.777. The van der Waals surface area contributed by atoms with E-state index in [1.54, 1.807) is 37.3 Å². The van der Waals surface area contributed by atoms with Gasteiger partial charge < -0.3 is 29.0 Å². The molecule has 0 saturated heterocycles. The van der Waals surface area contributed by atoms with Crippen LogP contribution in [0.5, 0.6) is 23.0 Å². The van der Waals surface area contributed by atoms with Gasteiger partial charge >= 0.3 is 0 Å². The number of fused-ring (bicyclic) bond motifs is 1. The molecule has 9 heteroatoms. The predicted molar refractivity (Wildman–Crippen MR) is 216 cm³/mol. The molecule has 0 saturated carbocycles. The third-order valence-electron chi connectivity index (χ3n) is 10.8. The molecule has 9 nitrogen and oxygen atoms in total. The molecule has 1 N–H and O–H groups in total. The number of aliphatic hydroxyl groups is 1. The summed E-state index contributed by atoms with van der Waals surface area (Å²) in [6.07, 6.45) is 11.5. The Morgan fingerprint density at radius 2 is 1.51 bits per heavy atom. The van der Waals surface area contributed by atoms with Crippen LogP contribution in [0.1, 0.15) is 121 Å². The fraction of sp³-hybridized carbons (Fsp3) is 0.568. The molecule has 0 spiro atoms. The van der Waals surface area contributed by atoms with E-state index in [0.717, 1.165) is 38.5 Å². The maximum atomic E-state index is 13.8. The topological polar surface area (TPSA) is 107 Å². The number of methoxy groups -OCH3 is 2. The summed E-state index contributed by atoms with van der Waals surface area (Å²) < 4.78 is 23.7. The lowest BCUT2D eigenvalue weighted by atomic mass is 9.74. The van der Waals surface area contributed by atoms with Crippen LogP contribution in [0.25, 0.3) is 0 Å². The van der Waals surface area contributed by atoms with Crippen LogP contribution in [-0.2, 0) is 0 Å². The largest absolute Gasteiger partial charge is 0.493 e. The van der Waals surface area contributed by atoms with Crippen molar-refractivity contribution in [2.24, 2.45) is 28.7 Å². The summed E-state index contributed by atoms with van der Waals surface area (Å²) in [6, 6.07) is 7.09. The second-order valence-corrected chi connectivity index (χ2v) is 14.6. The third kappa shape index (κ3) is 11.4. The molecule has 1 aliphatic rings. The molecule has 1 aliphatic heterocycles. The first-order valence-corrected chi connectivity index (χ1v) is 19.2. The average Bonchev–Trinajstić information content (AvgIpc) is 3.16. The number of rotatable bonds is 19. The van der Waals surface area contributed by atoms with E-state index < -0.39 is 6.23 Å². The standard InChI is InChI=1S/C44H64N2O7/c1-12-18-33(21-28(4)13-2)27-45-37-25-41(39(50-10)23-35(37)32(8)47)52-19-16-15-17-20-53-42-26-38-36(24-40(42)51-11)43(48)31(7)30(6)34(22-29(5)14-3)44(49)46(38)9/h13-14,23-27,30-31,33-34,44,49H,12,15-22H2,1-11H3/b28-13-,29-14-,45-27?. The van der Waals surface area contributed by atoms with Crippen molar-refractivity contribution < 1.29 is 33.6 Å². The molecule has 5 unspecified atom stereocenters. The Balaban J connectivity index is 1.68. The van der Waals surface area contributed by atoms with E-state index in [-0.39, 0.29) is 35.2 Å². The van der Waals surface area contributed by atoms with Crippen molar-refractivity contribution in [3.05, 3.63) is 58.7 Å². The fourth-order valence-corrected chi connectivity index (χ4v) is 6.92. The lowest BCUT2D eigenvalue weighted by Gasteiger charge is -2.41. The van der Waals surface area contributed by atoms with Gasteiger partial charge in [0.1, 0.15) is 6.23 Å². The molecule has 3 rings (SSSR count). The fourth-order valence-electron chi connectivity index (χ4n) is 6.92. The van der Waals surface area contributed by atoms with Gasteiger partial charge in [-0.25, -0.2) is 0 Å². The van der Waals surface area contributed by atoms with Crippen molar-refractivity contribution in [3.63, 3.8) is 0 Å². The third-order valence-corrected chi connectivity index (χ3v) is 10.8. The van der Waals surface area contributed by atoms with Crippen molar-refractivity contribution in [2.45, 2.75) is 107 Å². The van der Waals surface area contributed by atoms with Crippen LogP contribution < -0.4 is 23.8 Å². The SMILES string of the molecule is C/C=C(/C)CC(C=Nc1cc(OCCCCCOc2cc3c(cc2OC)C(=O)C(C)C(C)C(C/C(C)=C\C)C(O)N3C)c(OC)cc1C(C)=O)CCC. The average molecular weight is 733 g/mol. The first-order valence-electron chi connectivity index (χ1n) is 19.2. The summed E-state index contributed by atoms with van der Waals surface area (Å²) in [5.74, 6) is 1.90. The molecule has 0 fully saturated rings. The maximum Gasteiger partial charge on any atom is 0.168 e. The predicted octanol–water partition coefficient (Wildman–Crippen LogP) is 10.2. The Hall–Kier alpha value is -4.11. The molecule has 0 bridgehead atoms. The van der Waals surface area contributed by atoms with Gasteiger partial charge in [0.15, 0.2) is 34.6 Å². The number of nitrogens with zero attached hydrogens (tertiary/aromatic N) is 2. The number of ether oxygens (including phenoxy) is 4. The number of allylic oxidation sites excluding steroid dienone is 4. The summed E-state index contributed by atoms with van der Waals surface area (Å²) in [6.45, 7) is 16.9. The van der Waals surface area contributed by atoms with E-state index >= 15 is 0 Å². The number of Topliss-reactive ketones (excluding diaryl/α,β-unsaturated/α-hetero) is 2. The van der Waals surface area contributed by atoms with Crippen LogP contribution in [0, 0.1) is 23.7 Å². The minimum Gasteiger partial charge on any atom is -0.493 e. The summed E-state index contributed by atoms with van der Waals surface area (Å²) >= 11 is 0. The molecule has 0 radical (unpaired) electrons. The Labute approximate surface area is 318 Å². The van der Waals surface area contributed by atoms with Crippen molar-refractivity contribution in [3.8, 4) is 23.0 Å². The molecule has 0 aromatic heterocycles. The van der Waals surface area contributed by atoms with Gasteiger partial charge in [0.05, 0.1) is 38.8 Å². The van der Waals surface area contributed by atoms with E-state index in [4.69, 9.17) is 23.9 Å². The van der Waals surface area contributed by atoms with Crippen LogP contribution in [-0.4, -0.2) is 63.6 Å². The zero-order valence-electron chi connectivity index (χ0n) is 34.1. The second-order valence-electron chi connectivity index (χ2n) is 14.6. The Bertz CT molecular complexity index is 1630. The van der Waals surface area contributed by atoms with Crippen molar-refractivity contribution in [1.29, 1.82) is 0 Å². The number of hydrogen-bond acceptors (Lipinski definition) is 9. The highest BCUT2D eigenvalue weighted by Crippen LogP contribution is 2.43. The first kappa shape index (κ1) is 43.3. The lowest BCUT2D eigenvalue weighted by Crippen LogP contribution is -2.45. The van der Waals surface area contributed by atoms with Crippen LogP contribution >= 0.6 is 0 Å². The van der Waals surface area contributed by atoms with Crippen LogP contribution in [0.2, 0.25) is 0 Å². The van der Waals surface area contributed by atoms with Gasteiger partial charge in [-0.2, -0.15) is 0 Å². The summed E-state index contributed by atoms with van der Waals surface area (Å²) in [4.78, 5) is 32.9. The van der Waals surface area contributed by atoms with Gasteiger partial charge in [-0.15, -0.1) is 0 Å². The molecule has 1 heterocycles. The molecule has 5 atom stereocenters. The highest BCUT2D eigenvalue weighted by Gasteiger charge is 2.39. The first-order chi connectivity index (χ1) is 25.3. The molecular weight excluding hydrogens is 668 g/mol. The van der Waals surface area contributed by atoms with Crippen LogP contribution in [0.4, 0.5) is 11.4 Å². The molecule has 292 valence electrons. The molecule has 2 aromatic carbocycles. The van der Waals surface area contributed by atoms with E-state index in [1.165, 1.54) is 18.1 Å².